The molecule has 0 bridgehead atoms. The number of nitrogens with one attached hydrogen (secondary N) is 1. The van der Waals surface area contributed by atoms with E-state index >= 15 is 0 Å². The minimum absolute atomic E-state index is 0.0243. The lowest BCUT2D eigenvalue weighted by Gasteiger charge is -2.25. The summed E-state index contributed by atoms with van der Waals surface area (Å²) in [5.74, 6) is 0.405. The average Bonchev–Trinajstić information content (AvgIpc) is 2.79. The van der Waals surface area contributed by atoms with Gasteiger partial charge in [0.25, 0.3) is 0 Å². The van der Waals surface area contributed by atoms with Gasteiger partial charge in [-0.15, -0.1) is 11.3 Å². The second-order valence-electron chi connectivity index (χ2n) is 5.23. The van der Waals surface area contributed by atoms with Gasteiger partial charge in [0.2, 0.25) is 5.91 Å². The number of halogens is 1. The fourth-order valence-electron chi connectivity index (χ4n) is 2.46. The minimum Gasteiger partial charge on any atom is -0.465 e. The molecule has 20 heavy (non-hydrogen) atoms. The molecule has 1 N–H and O–H groups in total. The predicted molar refractivity (Wildman–Crippen MR) is 88.1 cm³/mol. The third kappa shape index (κ3) is 3.72. The van der Waals surface area contributed by atoms with E-state index < -0.39 is 5.97 Å². The molecule has 0 aromatic carbocycles. The summed E-state index contributed by atoms with van der Waals surface area (Å²) in [6, 6.07) is 1.82. The molecule has 1 saturated carbocycles. The summed E-state index contributed by atoms with van der Waals surface area (Å²) in [7, 11) is 1.35. The first-order valence-electron chi connectivity index (χ1n) is 6.69. The number of rotatable bonds is 3. The first-order valence-corrected chi connectivity index (χ1v) is 8.59. The smallest absolute Gasteiger partial charge is 0.350 e. The zero-order chi connectivity index (χ0) is 14.7. The van der Waals surface area contributed by atoms with Crippen LogP contribution in [0.25, 0.3) is 0 Å². The van der Waals surface area contributed by atoms with Crippen LogP contribution in [0.2, 0.25) is 0 Å². The number of amides is 1. The summed E-state index contributed by atoms with van der Waals surface area (Å²) in [5.41, 5.74) is 0.579. The Morgan fingerprint density at radius 1 is 1.35 bits per heavy atom. The molecule has 0 radical (unpaired) electrons. The molecule has 0 atom stereocenters. The van der Waals surface area contributed by atoms with Gasteiger partial charge in [0.05, 0.1) is 15.7 Å². The topological polar surface area (TPSA) is 55.4 Å². The lowest BCUT2D eigenvalue weighted by Crippen LogP contribution is -2.27. The average molecular weight is 407 g/mol. The standard InChI is InChI=1S/C14H18INO3S/c1-8-3-5-9(6-4-8)13(17)16-10-7-11(15)20-12(10)14(18)19-2/h7-9H,3-6H2,1-2H3,(H,16,17). The number of ether oxygens (including phenoxy) is 1. The molecule has 6 heteroatoms. The maximum absolute atomic E-state index is 12.3. The van der Waals surface area contributed by atoms with E-state index in [2.05, 4.69) is 34.8 Å². The first-order chi connectivity index (χ1) is 9.51. The van der Waals surface area contributed by atoms with Crippen molar-refractivity contribution in [1.29, 1.82) is 0 Å². The molecule has 1 aromatic heterocycles. The molecule has 4 nitrogen and oxygen atoms in total. The van der Waals surface area contributed by atoms with Crippen LogP contribution in [0.3, 0.4) is 0 Å². The number of esters is 1. The third-order valence-corrected chi connectivity index (χ3v) is 5.59. The number of carbonyl (C=O) groups excluding carboxylic acids is 2. The van der Waals surface area contributed by atoms with Crippen molar-refractivity contribution >= 4 is 51.5 Å². The molecule has 1 heterocycles. The van der Waals surface area contributed by atoms with E-state index in [4.69, 9.17) is 4.74 Å². The summed E-state index contributed by atoms with van der Waals surface area (Å²) in [4.78, 5) is 24.4. The van der Waals surface area contributed by atoms with E-state index in [-0.39, 0.29) is 11.8 Å². The Bertz CT molecular complexity index is 507. The number of anilines is 1. The highest BCUT2D eigenvalue weighted by Gasteiger charge is 2.26. The summed E-state index contributed by atoms with van der Waals surface area (Å²) in [5, 5.41) is 2.90. The van der Waals surface area contributed by atoms with E-state index in [9.17, 15) is 9.59 Å². The molecule has 0 unspecified atom stereocenters. The van der Waals surface area contributed by atoms with Crippen LogP contribution in [0.15, 0.2) is 6.07 Å². The molecule has 1 aromatic rings. The zero-order valence-corrected chi connectivity index (χ0v) is 14.5. The first kappa shape index (κ1) is 15.8. The number of hydrogen-bond acceptors (Lipinski definition) is 4. The van der Waals surface area contributed by atoms with Crippen LogP contribution in [0.1, 0.15) is 42.3 Å². The van der Waals surface area contributed by atoms with Crippen molar-refractivity contribution in [2.75, 3.05) is 12.4 Å². The Labute approximate surface area is 136 Å². The van der Waals surface area contributed by atoms with Crippen LogP contribution in [0.5, 0.6) is 0 Å². The quantitative estimate of drug-likeness (QED) is 0.611. The Morgan fingerprint density at radius 3 is 2.60 bits per heavy atom. The van der Waals surface area contributed by atoms with Gasteiger partial charge in [0, 0.05) is 5.92 Å². The van der Waals surface area contributed by atoms with Gasteiger partial charge in [-0.2, -0.15) is 0 Å². The van der Waals surface area contributed by atoms with Crippen LogP contribution >= 0.6 is 33.9 Å². The molecular formula is C14H18INO3S. The summed E-state index contributed by atoms with van der Waals surface area (Å²) in [6.45, 7) is 2.23. The fourth-order valence-corrected chi connectivity index (χ4v) is 4.19. The monoisotopic (exact) mass is 407 g/mol. The normalized spacial score (nSPS) is 22.4. The Kier molecular flexibility index (Phi) is 5.42. The summed E-state index contributed by atoms with van der Waals surface area (Å²) in [6.07, 6.45) is 4.07. The van der Waals surface area contributed by atoms with Crippen molar-refractivity contribution < 1.29 is 14.3 Å². The van der Waals surface area contributed by atoms with E-state index in [1.807, 2.05) is 6.07 Å². The van der Waals surface area contributed by atoms with Crippen molar-refractivity contribution in [2.24, 2.45) is 11.8 Å². The van der Waals surface area contributed by atoms with Crippen molar-refractivity contribution in [3.8, 4) is 0 Å². The lowest BCUT2D eigenvalue weighted by molar-refractivity contribution is -0.121. The fraction of sp³-hybridized carbons (Fsp3) is 0.571. The third-order valence-electron chi connectivity index (χ3n) is 3.72. The Hall–Kier alpha value is -0.630. The molecule has 2 rings (SSSR count). The van der Waals surface area contributed by atoms with Crippen LogP contribution in [-0.4, -0.2) is 19.0 Å². The summed E-state index contributed by atoms with van der Waals surface area (Å²) >= 11 is 3.47. The van der Waals surface area contributed by atoms with Crippen LogP contribution in [0, 0.1) is 14.7 Å². The SMILES string of the molecule is COC(=O)c1sc(I)cc1NC(=O)C1CCC(C)CC1. The number of methoxy groups -OCH3 is 1. The van der Waals surface area contributed by atoms with E-state index in [0.29, 0.717) is 16.5 Å². The summed E-state index contributed by atoms with van der Waals surface area (Å²) < 4.78 is 5.70. The van der Waals surface area contributed by atoms with Gasteiger partial charge in [0.1, 0.15) is 4.88 Å². The van der Waals surface area contributed by atoms with Gasteiger partial charge < -0.3 is 10.1 Å². The molecule has 1 aliphatic carbocycles. The zero-order valence-electron chi connectivity index (χ0n) is 11.6. The molecule has 0 spiro atoms. The maximum Gasteiger partial charge on any atom is 0.350 e. The molecule has 1 fully saturated rings. The number of thiophene rings is 1. The molecule has 1 amide bonds. The van der Waals surface area contributed by atoms with Crippen molar-refractivity contribution in [1.82, 2.24) is 0 Å². The van der Waals surface area contributed by atoms with Gasteiger partial charge in [-0.05, 0) is 60.3 Å². The highest BCUT2D eigenvalue weighted by Crippen LogP contribution is 2.32. The van der Waals surface area contributed by atoms with Gasteiger partial charge >= 0.3 is 5.97 Å². The molecular weight excluding hydrogens is 389 g/mol. The molecule has 110 valence electrons. The molecule has 0 saturated heterocycles. The minimum atomic E-state index is -0.398. The highest BCUT2D eigenvalue weighted by atomic mass is 127. The van der Waals surface area contributed by atoms with Gasteiger partial charge in [0.15, 0.2) is 0 Å². The Balaban J connectivity index is 2.06. The predicted octanol–water partition coefficient (Wildman–Crippen LogP) is 3.90. The van der Waals surface area contributed by atoms with Gasteiger partial charge in [-0.25, -0.2) is 4.79 Å². The second-order valence-corrected chi connectivity index (χ2v) is 8.18. The van der Waals surface area contributed by atoms with E-state index in [0.717, 1.165) is 28.6 Å². The van der Waals surface area contributed by atoms with Gasteiger partial charge in [-0.1, -0.05) is 6.92 Å². The number of hydrogen-bond donors (Lipinski definition) is 1. The van der Waals surface area contributed by atoms with E-state index in [1.165, 1.54) is 18.4 Å². The van der Waals surface area contributed by atoms with Crippen molar-refractivity contribution in [2.45, 2.75) is 32.6 Å². The number of carbonyl (C=O) groups is 2. The lowest BCUT2D eigenvalue weighted by atomic mass is 9.82. The largest absolute Gasteiger partial charge is 0.465 e. The highest BCUT2D eigenvalue weighted by molar-refractivity contribution is 14.1. The van der Waals surface area contributed by atoms with Crippen LogP contribution in [0.4, 0.5) is 5.69 Å². The van der Waals surface area contributed by atoms with Crippen molar-refractivity contribution in [3.05, 3.63) is 13.8 Å². The second kappa shape index (κ2) is 6.89. The van der Waals surface area contributed by atoms with E-state index in [1.54, 1.807) is 0 Å². The van der Waals surface area contributed by atoms with Crippen LogP contribution in [-0.2, 0) is 9.53 Å². The Morgan fingerprint density at radius 2 is 2.00 bits per heavy atom. The molecule has 0 aliphatic heterocycles. The van der Waals surface area contributed by atoms with Crippen molar-refractivity contribution in [3.63, 3.8) is 0 Å². The maximum atomic E-state index is 12.3. The van der Waals surface area contributed by atoms with Gasteiger partial charge in [-0.3, -0.25) is 4.79 Å². The molecule has 1 aliphatic rings. The van der Waals surface area contributed by atoms with Crippen LogP contribution < -0.4 is 5.32 Å².